The molecule has 0 unspecified atom stereocenters. The lowest BCUT2D eigenvalue weighted by atomic mass is 10.00. The van der Waals surface area contributed by atoms with Gasteiger partial charge in [0, 0.05) is 32.2 Å². The molecule has 0 aromatic heterocycles. The summed E-state index contributed by atoms with van der Waals surface area (Å²) in [6.45, 7) is 5.70. The van der Waals surface area contributed by atoms with Gasteiger partial charge in [0.1, 0.15) is 0 Å². The van der Waals surface area contributed by atoms with Crippen LogP contribution in [0.5, 0.6) is 0 Å². The molecule has 1 aliphatic heterocycles. The summed E-state index contributed by atoms with van der Waals surface area (Å²) in [4.78, 5) is 13.2. The van der Waals surface area contributed by atoms with Gasteiger partial charge in [0.15, 0.2) is 0 Å². The molecule has 4 nitrogen and oxygen atoms in total. The number of rotatable bonds is 5. The van der Waals surface area contributed by atoms with Crippen molar-refractivity contribution < 1.29 is 4.79 Å². The highest BCUT2D eigenvalue weighted by Crippen LogP contribution is 2.27. The van der Waals surface area contributed by atoms with E-state index in [0.717, 1.165) is 32.1 Å². The molecule has 2 N–H and O–H groups in total. The lowest BCUT2D eigenvalue weighted by molar-refractivity contribution is 0.216. The van der Waals surface area contributed by atoms with Gasteiger partial charge in [-0.25, -0.2) is 4.79 Å². The number of amides is 2. The van der Waals surface area contributed by atoms with Crippen LogP contribution in [0.15, 0.2) is 0 Å². The van der Waals surface area contributed by atoms with Gasteiger partial charge in [0.05, 0.1) is 0 Å². The highest BCUT2D eigenvalue weighted by Gasteiger charge is 2.22. The monoisotopic (exact) mass is 225 g/mol. The van der Waals surface area contributed by atoms with Crippen LogP contribution in [0.3, 0.4) is 0 Å². The first kappa shape index (κ1) is 11.7. The maximum absolute atomic E-state index is 11.3. The molecule has 16 heavy (non-hydrogen) atoms. The fourth-order valence-electron chi connectivity index (χ4n) is 2.78. The van der Waals surface area contributed by atoms with Crippen molar-refractivity contribution in [2.24, 2.45) is 5.92 Å². The lowest BCUT2D eigenvalue weighted by Gasteiger charge is -2.22. The largest absolute Gasteiger partial charge is 0.336 e. The van der Waals surface area contributed by atoms with Crippen LogP contribution >= 0.6 is 0 Å². The Balaban J connectivity index is 1.61. The first-order valence-corrected chi connectivity index (χ1v) is 6.53. The molecule has 2 fully saturated rings. The van der Waals surface area contributed by atoms with Crippen molar-refractivity contribution in [3.05, 3.63) is 0 Å². The molecule has 0 aromatic carbocycles. The normalized spacial score (nSPS) is 23.8. The van der Waals surface area contributed by atoms with Crippen LogP contribution in [-0.2, 0) is 0 Å². The topological polar surface area (TPSA) is 44.4 Å². The molecular formula is C12H23N3O. The Morgan fingerprint density at radius 1 is 1.50 bits per heavy atom. The third-order valence-electron chi connectivity index (χ3n) is 3.90. The number of hydrogen-bond donors (Lipinski definition) is 2. The maximum atomic E-state index is 11.3. The highest BCUT2D eigenvalue weighted by atomic mass is 16.2. The van der Waals surface area contributed by atoms with E-state index in [4.69, 9.17) is 0 Å². The number of nitrogens with one attached hydrogen (secondary N) is 2. The highest BCUT2D eigenvalue weighted by molar-refractivity contribution is 5.76. The Hall–Kier alpha value is -0.770. The van der Waals surface area contributed by atoms with Gasteiger partial charge in [-0.3, -0.25) is 0 Å². The van der Waals surface area contributed by atoms with Gasteiger partial charge in [-0.1, -0.05) is 12.8 Å². The van der Waals surface area contributed by atoms with Gasteiger partial charge < -0.3 is 15.5 Å². The average molecular weight is 225 g/mol. The third kappa shape index (κ3) is 2.88. The SMILES string of the molecule is C[C@@H](NCCN1CCNC1=O)C1CCCC1. The Bertz CT molecular complexity index is 238. The Labute approximate surface area is 97.8 Å². The molecule has 1 atom stereocenters. The van der Waals surface area contributed by atoms with Crippen molar-refractivity contribution in [2.75, 3.05) is 26.2 Å². The maximum Gasteiger partial charge on any atom is 0.317 e. The van der Waals surface area contributed by atoms with E-state index < -0.39 is 0 Å². The van der Waals surface area contributed by atoms with Crippen LogP contribution in [0.1, 0.15) is 32.6 Å². The van der Waals surface area contributed by atoms with Crippen molar-refractivity contribution in [1.82, 2.24) is 15.5 Å². The fraction of sp³-hybridized carbons (Fsp3) is 0.917. The first-order chi connectivity index (χ1) is 7.77. The summed E-state index contributed by atoms with van der Waals surface area (Å²) in [5.41, 5.74) is 0. The van der Waals surface area contributed by atoms with E-state index >= 15 is 0 Å². The number of urea groups is 1. The summed E-state index contributed by atoms with van der Waals surface area (Å²) in [5.74, 6) is 0.854. The zero-order valence-electron chi connectivity index (χ0n) is 10.2. The van der Waals surface area contributed by atoms with Crippen molar-refractivity contribution >= 4 is 6.03 Å². The van der Waals surface area contributed by atoms with E-state index in [9.17, 15) is 4.79 Å². The number of nitrogens with zero attached hydrogens (tertiary/aromatic N) is 1. The lowest BCUT2D eigenvalue weighted by Crippen LogP contribution is -2.39. The van der Waals surface area contributed by atoms with Gasteiger partial charge in [-0.05, 0) is 25.7 Å². The van der Waals surface area contributed by atoms with E-state index in [-0.39, 0.29) is 6.03 Å². The zero-order chi connectivity index (χ0) is 11.4. The van der Waals surface area contributed by atoms with E-state index in [1.54, 1.807) is 0 Å². The molecule has 0 radical (unpaired) electrons. The van der Waals surface area contributed by atoms with Crippen molar-refractivity contribution in [1.29, 1.82) is 0 Å². The second-order valence-electron chi connectivity index (χ2n) is 5.01. The molecular weight excluding hydrogens is 202 g/mol. The number of hydrogen-bond acceptors (Lipinski definition) is 2. The van der Waals surface area contributed by atoms with Crippen LogP contribution in [-0.4, -0.2) is 43.2 Å². The third-order valence-corrected chi connectivity index (χ3v) is 3.90. The fourth-order valence-corrected chi connectivity index (χ4v) is 2.78. The Morgan fingerprint density at radius 3 is 2.88 bits per heavy atom. The molecule has 2 amide bonds. The summed E-state index contributed by atoms with van der Waals surface area (Å²) < 4.78 is 0. The molecule has 1 heterocycles. The van der Waals surface area contributed by atoms with E-state index in [1.165, 1.54) is 25.7 Å². The molecule has 0 bridgehead atoms. The zero-order valence-corrected chi connectivity index (χ0v) is 10.2. The minimum atomic E-state index is 0.0929. The summed E-state index contributed by atoms with van der Waals surface area (Å²) in [6.07, 6.45) is 5.53. The molecule has 1 saturated heterocycles. The number of carbonyl (C=O) groups excluding carboxylic acids is 1. The molecule has 2 rings (SSSR count). The minimum Gasteiger partial charge on any atom is -0.336 e. The van der Waals surface area contributed by atoms with E-state index in [2.05, 4.69) is 17.6 Å². The van der Waals surface area contributed by atoms with Crippen molar-refractivity contribution in [3.63, 3.8) is 0 Å². The van der Waals surface area contributed by atoms with Crippen LogP contribution in [0.4, 0.5) is 4.79 Å². The summed E-state index contributed by atoms with van der Waals surface area (Å²) in [5, 5.41) is 6.37. The average Bonchev–Trinajstić information content (AvgIpc) is 2.90. The molecule has 92 valence electrons. The van der Waals surface area contributed by atoms with Gasteiger partial charge in [0.2, 0.25) is 0 Å². The van der Waals surface area contributed by atoms with Crippen LogP contribution in [0.2, 0.25) is 0 Å². The van der Waals surface area contributed by atoms with Crippen molar-refractivity contribution in [3.8, 4) is 0 Å². The van der Waals surface area contributed by atoms with Gasteiger partial charge in [-0.15, -0.1) is 0 Å². The summed E-state index contributed by atoms with van der Waals surface area (Å²) >= 11 is 0. The van der Waals surface area contributed by atoms with E-state index in [1.807, 2.05) is 4.90 Å². The summed E-state index contributed by atoms with van der Waals surface area (Å²) in [6, 6.07) is 0.698. The standard InChI is InChI=1S/C12H23N3O/c1-10(11-4-2-3-5-11)13-6-8-15-9-7-14-12(15)16/h10-11,13H,2-9H2,1H3,(H,14,16)/t10-/m1/s1. The van der Waals surface area contributed by atoms with Gasteiger partial charge in [-0.2, -0.15) is 0 Å². The predicted octanol–water partition coefficient (Wildman–Crippen LogP) is 1.18. The number of carbonyl (C=O) groups is 1. The summed E-state index contributed by atoms with van der Waals surface area (Å²) in [7, 11) is 0. The molecule has 1 aliphatic carbocycles. The minimum absolute atomic E-state index is 0.0929. The molecule has 0 aromatic rings. The van der Waals surface area contributed by atoms with Crippen LogP contribution < -0.4 is 10.6 Å². The molecule has 2 aliphatic rings. The Kier molecular flexibility index (Phi) is 4.04. The molecule has 4 heteroatoms. The first-order valence-electron chi connectivity index (χ1n) is 6.53. The van der Waals surface area contributed by atoms with E-state index in [0.29, 0.717) is 6.04 Å². The van der Waals surface area contributed by atoms with Gasteiger partial charge >= 0.3 is 6.03 Å². The predicted molar refractivity (Wildman–Crippen MR) is 64.4 cm³/mol. The van der Waals surface area contributed by atoms with Crippen LogP contribution in [0.25, 0.3) is 0 Å². The van der Waals surface area contributed by atoms with Gasteiger partial charge in [0.25, 0.3) is 0 Å². The quantitative estimate of drug-likeness (QED) is 0.738. The van der Waals surface area contributed by atoms with Crippen LogP contribution in [0, 0.1) is 5.92 Å². The molecule has 0 spiro atoms. The smallest absolute Gasteiger partial charge is 0.317 e. The second kappa shape index (κ2) is 5.53. The molecule has 1 saturated carbocycles. The Morgan fingerprint density at radius 2 is 2.25 bits per heavy atom. The second-order valence-corrected chi connectivity index (χ2v) is 5.01. The van der Waals surface area contributed by atoms with Crippen molar-refractivity contribution in [2.45, 2.75) is 38.6 Å².